The summed E-state index contributed by atoms with van der Waals surface area (Å²) in [5, 5.41) is 6.17. The summed E-state index contributed by atoms with van der Waals surface area (Å²) in [6, 6.07) is 17.2. The van der Waals surface area contributed by atoms with Gasteiger partial charge in [-0.2, -0.15) is 9.78 Å². The van der Waals surface area contributed by atoms with Crippen LogP contribution >= 0.6 is 11.6 Å². The van der Waals surface area contributed by atoms with Crippen LogP contribution in [0.15, 0.2) is 75.0 Å². The predicted molar refractivity (Wildman–Crippen MR) is 151 cm³/mol. The lowest BCUT2D eigenvalue weighted by Gasteiger charge is -2.18. The summed E-state index contributed by atoms with van der Waals surface area (Å²) >= 11 is 6.15. The molecule has 0 amide bonds. The zero-order chi connectivity index (χ0) is 28.4. The average Bonchev–Trinajstić information content (AvgIpc) is 3.39. The van der Waals surface area contributed by atoms with Gasteiger partial charge in [-0.3, -0.25) is 4.79 Å². The van der Waals surface area contributed by atoms with Crippen molar-refractivity contribution in [3.63, 3.8) is 0 Å². The van der Waals surface area contributed by atoms with E-state index < -0.39 is 12.1 Å². The number of methoxy groups -OCH3 is 3. The quantitative estimate of drug-likeness (QED) is 0.185. The number of aromatic nitrogens is 2. The molecule has 5 rings (SSSR count). The highest BCUT2D eigenvalue weighted by Gasteiger charge is 2.22. The Kier molecular flexibility index (Phi) is 7.43. The first-order valence-electron chi connectivity index (χ1n) is 12.1. The molecule has 3 aromatic carbocycles. The van der Waals surface area contributed by atoms with Crippen molar-refractivity contribution in [1.29, 1.82) is 0 Å². The van der Waals surface area contributed by atoms with E-state index in [-0.39, 0.29) is 28.6 Å². The summed E-state index contributed by atoms with van der Waals surface area (Å²) in [5.74, 6) is 0.778. The van der Waals surface area contributed by atoms with E-state index in [4.69, 9.17) is 35.0 Å². The lowest BCUT2D eigenvalue weighted by Crippen LogP contribution is -2.25. The molecule has 40 heavy (non-hydrogen) atoms. The van der Waals surface area contributed by atoms with Crippen LogP contribution in [0.3, 0.4) is 0 Å². The van der Waals surface area contributed by atoms with E-state index in [1.807, 2.05) is 0 Å². The van der Waals surface area contributed by atoms with Gasteiger partial charge < -0.3 is 23.4 Å². The van der Waals surface area contributed by atoms with Gasteiger partial charge in [0.15, 0.2) is 23.4 Å². The van der Waals surface area contributed by atoms with Crippen LogP contribution in [0.4, 0.5) is 0 Å². The summed E-state index contributed by atoms with van der Waals surface area (Å²) in [6.07, 6.45) is 0.551. The molecule has 11 heteroatoms. The van der Waals surface area contributed by atoms with Crippen molar-refractivity contribution in [2.75, 3.05) is 21.3 Å². The maximum atomic E-state index is 13.6. The minimum atomic E-state index is -0.907. The third-order valence-corrected chi connectivity index (χ3v) is 6.32. The van der Waals surface area contributed by atoms with E-state index in [1.54, 1.807) is 67.6 Å². The molecule has 204 valence electrons. The van der Waals surface area contributed by atoms with Gasteiger partial charge in [0.1, 0.15) is 5.58 Å². The van der Waals surface area contributed by atoms with Crippen LogP contribution in [-0.4, -0.2) is 49.3 Å². The van der Waals surface area contributed by atoms with Crippen molar-refractivity contribution < 1.29 is 28.2 Å². The van der Waals surface area contributed by atoms with Gasteiger partial charge in [-0.05, 0) is 55.5 Å². The van der Waals surface area contributed by atoms with E-state index in [0.29, 0.717) is 32.8 Å². The number of carbonyl (C=O) groups is 1. The summed E-state index contributed by atoms with van der Waals surface area (Å²) < 4.78 is 28.6. The second-order valence-electron chi connectivity index (χ2n) is 8.64. The minimum absolute atomic E-state index is 0.207. The van der Waals surface area contributed by atoms with E-state index in [9.17, 15) is 9.59 Å². The summed E-state index contributed by atoms with van der Waals surface area (Å²) in [4.78, 5) is 30.1. The molecule has 0 aliphatic rings. The molecular formula is C29H24ClN3O7. The molecule has 10 nitrogen and oxygen atoms in total. The smallest absolute Gasteiger partial charge is 0.346 e. The average molecular weight is 562 g/mol. The van der Waals surface area contributed by atoms with Gasteiger partial charge in [-0.1, -0.05) is 23.7 Å². The van der Waals surface area contributed by atoms with Gasteiger partial charge in [-0.15, -0.1) is 0 Å². The molecular weight excluding hydrogens is 538 g/mol. The Hall–Kier alpha value is -4.83. The molecule has 2 heterocycles. The fourth-order valence-corrected chi connectivity index (χ4v) is 4.30. The highest BCUT2D eigenvalue weighted by atomic mass is 35.5. The number of carbonyl (C=O) groups excluding carboxylic acids is 1. The van der Waals surface area contributed by atoms with E-state index in [2.05, 4.69) is 10.1 Å². The number of halogens is 1. The molecule has 0 saturated heterocycles. The molecule has 0 aliphatic heterocycles. The molecule has 0 saturated carbocycles. The highest BCUT2D eigenvalue weighted by molar-refractivity contribution is 6.31. The minimum Gasteiger partial charge on any atom is -0.493 e. The standard InChI is InChI=1S/C29H24ClN3O7/c1-16(29(35)38-4)39-26-23(36-2)11-17(12-24(26)37-3)15-31-33-27(32-21-8-6-5-7-20(21)28(33)34)25-14-18-13-19(30)9-10-22(18)40-25/h5-16H,1-4H3/t16-/m1/s1. The van der Waals surface area contributed by atoms with Crippen molar-refractivity contribution in [3.8, 4) is 28.8 Å². The first kappa shape index (κ1) is 26.8. The molecule has 0 spiro atoms. The Morgan fingerprint density at radius 1 is 1.05 bits per heavy atom. The third kappa shape index (κ3) is 5.08. The maximum absolute atomic E-state index is 13.6. The number of rotatable bonds is 8. The first-order valence-corrected chi connectivity index (χ1v) is 12.5. The fraction of sp³-hybridized carbons (Fsp3) is 0.172. The monoisotopic (exact) mass is 561 g/mol. The molecule has 2 aromatic heterocycles. The fourth-order valence-electron chi connectivity index (χ4n) is 4.12. The summed E-state index contributed by atoms with van der Waals surface area (Å²) in [6.45, 7) is 1.55. The molecule has 0 aliphatic carbocycles. The molecule has 5 aromatic rings. The third-order valence-electron chi connectivity index (χ3n) is 6.09. The Morgan fingerprint density at radius 3 is 2.48 bits per heavy atom. The summed E-state index contributed by atoms with van der Waals surface area (Å²) in [5.41, 5.74) is 1.22. The Morgan fingerprint density at radius 2 is 1.77 bits per heavy atom. The van der Waals surface area contributed by atoms with Gasteiger partial charge >= 0.3 is 5.97 Å². The normalized spacial score (nSPS) is 12.1. The number of hydrogen-bond donors (Lipinski definition) is 0. The topological polar surface area (TPSA) is 114 Å². The lowest BCUT2D eigenvalue weighted by molar-refractivity contribution is -0.148. The molecule has 0 N–H and O–H groups in total. The largest absolute Gasteiger partial charge is 0.493 e. The van der Waals surface area contributed by atoms with E-state index in [1.165, 1.54) is 32.2 Å². The van der Waals surface area contributed by atoms with Crippen molar-refractivity contribution in [1.82, 2.24) is 9.66 Å². The molecule has 0 unspecified atom stereocenters. The Bertz CT molecular complexity index is 1800. The van der Waals surface area contributed by atoms with Crippen molar-refractivity contribution in [2.45, 2.75) is 13.0 Å². The van der Waals surface area contributed by atoms with Crippen molar-refractivity contribution in [3.05, 3.63) is 81.6 Å². The Balaban J connectivity index is 1.62. The number of benzene rings is 3. The van der Waals surface area contributed by atoms with E-state index in [0.717, 1.165) is 5.39 Å². The number of nitrogens with zero attached hydrogens (tertiary/aromatic N) is 3. The van der Waals surface area contributed by atoms with Crippen LogP contribution in [-0.2, 0) is 9.53 Å². The zero-order valence-electron chi connectivity index (χ0n) is 22.0. The molecule has 0 fully saturated rings. The van der Waals surface area contributed by atoms with Gasteiger partial charge in [0.2, 0.25) is 11.6 Å². The highest BCUT2D eigenvalue weighted by Crippen LogP contribution is 2.39. The SMILES string of the molecule is COC(=O)[C@@H](C)Oc1c(OC)cc(C=Nn2c(-c3cc4cc(Cl)ccc4o3)nc3ccccc3c2=O)cc1OC. The molecule has 0 radical (unpaired) electrons. The second-order valence-corrected chi connectivity index (χ2v) is 9.08. The first-order chi connectivity index (χ1) is 19.3. The maximum Gasteiger partial charge on any atom is 0.346 e. The van der Waals surface area contributed by atoms with Crippen LogP contribution in [0.2, 0.25) is 5.02 Å². The second kappa shape index (κ2) is 11.1. The number of esters is 1. The number of para-hydroxylation sites is 1. The van der Waals surface area contributed by atoms with Crippen LogP contribution < -0.4 is 19.8 Å². The number of ether oxygens (including phenoxy) is 4. The van der Waals surface area contributed by atoms with Crippen LogP contribution in [0, 0.1) is 0 Å². The molecule has 0 bridgehead atoms. The van der Waals surface area contributed by atoms with Gasteiger partial charge in [-0.25, -0.2) is 9.78 Å². The zero-order valence-corrected chi connectivity index (χ0v) is 22.8. The molecule has 1 atom stereocenters. The van der Waals surface area contributed by atoms with Gasteiger partial charge in [0, 0.05) is 16.0 Å². The lowest BCUT2D eigenvalue weighted by atomic mass is 10.2. The van der Waals surface area contributed by atoms with Crippen molar-refractivity contribution in [2.24, 2.45) is 5.10 Å². The van der Waals surface area contributed by atoms with Gasteiger partial charge in [0.25, 0.3) is 5.56 Å². The Labute approximate surface area is 233 Å². The number of fused-ring (bicyclic) bond motifs is 2. The summed E-state index contributed by atoms with van der Waals surface area (Å²) in [7, 11) is 4.18. The van der Waals surface area contributed by atoms with Crippen LogP contribution in [0.5, 0.6) is 17.2 Å². The van der Waals surface area contributed by atoms with Crippen molar-refractivity contribution >= 4 is 45.7 Å². The number of furan rings is 1. The predicted octanol–water partition coefficient (Wildman–Crippen LogP) is 5.30. The van der Waals surface area contributed by atoms with E-state index >= 15 is 0 Å². The van der Waals surface area contributed by atoms with Gasteiger partial charge in [0.05, 0.1) is 38.4 Å². The van der Waals surface area contributed by atoms with Crippen LogP contribution in [0.1, 0.15) is 12.5 Å². The number of hydrogen-bond acceptors (Lipinski definition) is 9. The van der Waals surface area contributed by atoms with Crippen LogP contribution in [0.25, 0.3) is 33.5 Å².